The Bertz CT molecular complexity index is 1470. The zero-order valence-corrected chi connectivity index (χ0v) is 18.7. The summed E-state index contributed by atoms with van der Waals surface area (Å²) in [6.07, 6.45) is 3.78. The Morgan fingerprint density at radius 2 is 1.85 bits per heavy atom. The summed E-state index contributed by atoms with van der Waals surface area (Å²) in [4.78, 5) is 9.71. The maximum atomic E-state index is 13.5. The minimum atomic E-state index is -0.318. The highest BCUT2D eigenvalue weighted by Crippen LogP contribution is 2.34. The van der Waals surface area contributed by atoms with Crippen molar-refractivity contribution in [1.82, 2.24) is 19.7 Å². The molecule has 0 radical (unpaired) electrons. The number of thiocarbonyl (C=S) groups is 1. The summed E-state index contributed by atoms with van der Waals surface area (Å²) in [5, 5.41) is 8.96. The quantitative estimate of drug-likeness (QED) is 0.329. The lowest BCUT2D eigenvalue weighted by Gasteiger charge is -2.08. The minimum Gasteiger partial charge on any atom is -0.348 e. The molecule has 0 unspecified atom stereocenters. The number of rotatable bonds is 5. The lowest BCUT2D eigenvalue weighted by Crippen LogP contribution is -2.17. The Hall–Kier alpha value is -3.97. The molecular formula is C26H20FN5S. The highest BCUT2D eigenvalue weighted by atomic mass is 32.1. The fourth-order valence-electron chi connectivity index (χ4n) is 3.81. The van der Waals surface area contributed by atoms with Crippen LogP contribution in [0.5, 0.6) is 0 Å². The monoisotopic (exact) mass is 453 g/mol. The van der Waals surface area contributed by atoms with Crippen LogP contribution in [0.4, 0.5) is 10.1 Å². The molecule has 0 saturated carbocycles. The number of pyridine rings is 2. The fourth-order valence-corrected chi connectivity index (χ4v) is 4.06. The summed E-state index contributed by atoms with van der Waals surface area (Å²) >= 11 is 5.53. The van der Waals surface area contributed by atoms with E-state index in [1.165, 1.54) is 12.1 Å². The second-order valence-electron chi connectivity index (χ2n) is 7.69. The molecule has 5 rings (SSSR count). The minimum absolute atomic E-state index is 0.318. The normalized spacial score (nSPS) is 11.0. The molecule has 2 aromatic carbocycles. The van der Waals surface area contributed by atoms with Gasteiger partial charge in [0.05, 0.1) is 17.8 Å². The van der Waals surface area contributed by atoms with Gasteiger partial charge in [-0.1, -0.05) is 42.5 Å². The molecule has 1 N–H and O–H groups in total. The molecule has 0 aliphatic rings. The van der Waals surface area contributed by atoms with E-state index < -0.39 is 0 Å². The zero-order chi connectivity index (χ0) is 22.8. The first kappa shape index (κ1) is 20.9. The summed E-state index contributed by atoms with van der Waals surface area (Å²) < 4.78 is 15.3. The van der Waals surface area contributed by atoms with Crippen LogP contribution in [0.15, 0.2) is 85.2 Å². The third kappa shape index (κ3) is 4.49. The molecule has 7 heteroatoms. The number of hydrogen-bond acceptors (Lipinski definition) is 4. The standard InChI is InChI=1S/C26H20FN5S/c1-17-6-4-11-24(29-17)26-22(20-12-13-28-23-10-3-2-9-21(20)23)15-32(31-26)16-25(33)30-19-8-5-7-18(27)14-19/h2-15H,16H2,1H3,(H,30,33). The van der Waals surface area contributed by atoms with Gasteiger partial charge >= 0.3 is 0 Å². The van der Waals surface area contributed by atoms with E-state index in [1.54, 1.807) is 23.0 Å². The van der Waals surface area contributed by atoms with Crippen LogP contribution < -0.4 is 5.32 Å². The molecule has 162 valence electrons. The van der Waals surface area contributed by atoms with Crippen LogP contribution in [0.1, 0.15) is 5.69 Å². The van der Waals surface area contributed by atoms with Gasteiger partial charge in [-0.2, -0.15) is 5.10 Å². The number of nitrogens with zero attached hydrogens (tertiary/aromatic N) is 4. The number of aromatic nitrogens is 4. The Kier molecular flexibility index (Phi) is 5.62. The molecule has 0 amide bonds. The lowest BCUT2D eigenvalue weighted by atomic mass is 10.0. The number of fused-ring (bicyclic) bond motifs is 1. The van der Waals surface area contributed by atoms with Crippen LogP contribution in [0.3, 0.4) is 0 Å². The van der Waals surface area contributed by atoms with Gasteiger partial charge < -0.3 is 5.32 Å². The Morgan fingerprint density at radius 3 is 2.70 bits per heavy atom. The predicted molar refractivity (Wildman–Crippen MR) is 134 cm³/mol. The molecule has 0 fully saturated rings. The number of anilines is 1. The Morgan fingerprint density at radius 1 is 1.00 bits per heavy atom. The summed E-state index contributed by atoms with van der Waals surface area (Å²) in [6.45, 7) is 2.30. The molecular weight excluding hydrogens is 433 g/mol. The first-order valence-corrected chi connectivity index (χ1v) is 10.9. The van der Waals surface area contributed by atoms with Crippen molar-refractivity contribution >= 4 is 33.8 Å². The summed E-state index contributed by atoms with van der Waals surface area (Å²) in [5.41, 5.74) is 5.95. The van der Waals surface area contributed by atoms with Crippen LogP contribution in [-0.4, -0.2) is 24.7 Å². The van der Waals surface area contributed by atoms with Gasteiger partial charge in [0, 0.05) is 34.7 Å². The summed E-state index contributed by atoms with van der Waals surface area (Å²) in [7, 11) is 0. The largest absolute Gasteiger partial charge is 0.348 e. The van der Waals surface area contributed by atoms with Gasteiger partial charge in [-0.3, -0.25) is 14.6 Å². The molecule has 0 aliphatic heterocycles. The lowest BCUT2D eigenvalue weighted by molar-refractivity contribution is 0.628. The van der Waals surface area contributed by atoms with E-state index in [1.807, 2.05) is 55.6 Å². The van der Waals surface area contributed by atoms with Crippen molar-refractivity contribution in [3.63, 3.8) is 0 Å². The van der Waals surface area contributed by atoms with E-state index in [0.717, 1.165) is 39.1 Å². The number of hydrogen-bond donors (Lipinski definition) is 1. The highest BCUT2D eigenvalue weighted by Gasteiger charge is 2.17. The maximum Gasteiger partial charge on any atom is 0.125 e. The number of nitrogens with one attached hydrogen (secondary N) is 1. The van der Waals surface area contributed by atoms with E-state index in [-0.39, 0.29) is 5.82 Å². The number of aryl methyl sites for hydroxylation is 1. The number of para-hydroxylation sites is 1. The fraction of sp³-hybridized carbons (Fsp3) is 0.0769. The first-order chi connectivity index (χ1) is 16.1. The van der Waals surface area contributed by atoms with E-state index in [4.69, 9.17) is 22.3 Å². The average Bonchev–Trinajstić information content (AvgIpc) is 3.22. The SMILES string of the molecule is Cc1cccc(-c2nn(CC(=S)Nc3cccc(F)c3)cc2-c2ccnc3ccccc23)n1. The predicted octanol–water partition coefficient (Wildman–Crippen LogP) is 6.05. The molecule has 0 bridgehead atoms. The van der Waals surface area contributed by atoms with E-state index in [2.05, 4.69) is 16.4 Å². The van der Waals surface area contributed by atoms with Crippen LogP contribution in [0.25, 0.3) is 33.4 Å². The van der Waals surface area contributed by atoms with Crippen molar-refractivity contribution in [2.45, 2.75) is 13.5 Å². The molecule has 0 saturated heterocycles. The first-order valence-electron chi connectivity index (χ1n) is 10.5. The third-order valence-corrected chi connectivity index (χ3v) is 5.48. The van der Waals surface area contributed by atoms with Gasteiger partial charge in [0.25, 0.3) is 0 Å². The molecule has 3 heterocycles. The second kappa shape index (κ2) is 8.88. The van der Waals surface area contributed by atoms with E-state index in [0.29, 0.717) is 17.2 Å². The van der Waals surface area contributed by atoms with E-state index in [9.17, 15) is 4.39 Å². The second-order valence-corrected chi connectivity index (χ2v) is 8.18. The summed E-state index contributed by atoms with van der Waals surface area (Å²) in [6, 6.07) is 22.1. The van der Waals surface area contributed by atoms with Gasteiger partial charge in [0.15, 0.2) is 0 Å². The van der Waals surface area contributed by atoms with Crippen LogP contribution in [0.2, 0.25) is 0 Å². The van der Waals surface area contributed by atoms with Crippen molar-refractivity contribution in [3.8, 4) is 22.5 Å². The number of halogens is 1. The molecule has 5 nitrogen and oxygen atoms in total. The van der Waals surface area contributed by atoms with Crippen molar-refractivity contribution in [2.75, 3.05) is 5.32 Å². The van der Waals surface area contributed by atoms with Crippen molar-refractivity contribution in [1.29, 1.82) is 0 Å². The van der Waals surface area contributed by atoms with Crippen LogP contribution in [0, 0.1) is 12.7 Å². The van der Waals surface area contributed by atoms with Crippen LogP contribution in [-0.2, 0) is 6.54 Å². The van der Waals surface area contributed by atoms with Gasteiger partial charge in [0.2, 0.25) is 0 Å². The van der Waals surface area contributed by atoms with E-state index >= 15 is 0 Å². The molecule has 0 spiro atoms. The highest BCUT2D eigenvalue weighted by molar-refractivity contribution is 7.80. The van der Waals surface area contributed by atoms with Crippen molar-refractivity contribution < 1.29 is 4.39 Å². The molecule has 0 atom stereocenters. The smallest absolute Gasteiger partial charge is 0.125 e. The van der Waals surface area contributed by atoms with Gasteiger partial charge in [-0.05, 0) is 55.0 Å². The summed E-state index contributed by atoms with van der Waals surface area (Å²) in [5.74, 6) is -0.318. The van der Waals surface area contributed by atoms with Crippen molar-refractivity contribution in [3.05, 3.63) is 96.7 Å². The average molecular weight is 454 g/mol. The maximum absolute atomic E-state index is 13.5. The van der Waals surface area contributed by atoms with Gasteiger partial charge in [-0.15, -0.1) is 0 Å². The molecule has 0 aliphatic carbocycles. The van der Waals surface area contributed by atoms with Gasteiger partial charge in [0.1, 0.15) is 16.5 Å². The molecule has 5 aromatic rings. The van der Waals surface area contributed by atoms with Gasteiger partial charge in [-0.25, -0.2) is 4.39 Å². The topological polar surface area (TPSA) is 55.6 Å². The zero-order valence-electron chi connectivity index (χ0n) is 17.9. The Labute approximate surface area is 195 Å². The molecule has 33 heavy (non-hydrogen) atoms. The third-order valence-electron chi connectivity index (χ3n) is 5.25. The molecule has 3 aromatic heterocycles. The Balaban J connectivity index is 1.56. The van der Waals surface area contributed by atoms with Crippen molar-refractivity contribution in [2.24, 2.45) is 0 Å². The van der Waals surface area contributed by atoms with Crippen LogP contribution >= 0.6 is 12.2 Å². The number of benzene rings is 2.